The van der Waals surface area contributed by atoms with E-state index in [9.17, 15) is 22.5 Å². The molecule has 1 aromatic carbocycles. The fourth-order valence-electron chi connectivity index (χ4n) is 5.29. The van der Waals surface area contributed by atoms with Crippen LogP contribution in [0.1, 0.15) is 43.7 Å². The van der Waals surface area contributed by atoms with Gasteiger partial charge in [0.05, 0.1) is 31.5 Å². The molecule has 2 aromatic heterocycles. The lowest BCUT2D eigenvalue weighted by Gasteiger charge is -2.31. The SMILES string of the molecule is CCOc1nc(N)nc2ncn([C@@H]3O[C@H](CO[P@]4(=O)OCC[C@H](c5ccccc5C(F)(F)F)O4)[C@H]4OC(=O)O[C@]43C)c12. The fraction of sp³-hybridized carbons (Fsp3) is 0.500. The van der Waals surface area contributed by atoms with Crippen LogP contribution in [0.25, 0.3) is 11.2 Å². The minimum atomic E-state index is -4.65. The molecule has 3 saturated heterocycles. The van der Waals surface area contributed by atoms with E-state index in [0.717, 1.165) is 6.07 Å². The predicted octanol–water partition coefficient (Wildman–Crippen LogP) is 4.32. The number of nitrogen functional groups attached to an aromatic ring is 1. The smallest absolute Gasteiger partial charge is 0.476 e. The second-order valence-corrected chi connectivity index (χ2v) is 11.4. The van der Waals surface area contributed by atoms with E-state index >= 15 is 0 Å². The lowest BCUT2D eigenvalue weighted by molar-refractivity contribution is -0.139. The molecule has 18 heteroatoms. The molecule has 3 aliphatic rings. The molecule has 0 unspecified atom stereocenters. The van der Waals surface area contributed by atoms with Gasteiger partial charge in [-0.15, -0.1) is 0 Å². The Morgan fingerprint density at radius 3 is 2.81 bits per heavy atom. The normalized spacial score (nSPS) is 31.1. The quantitative estimate of drug-likeness (QED) is 0.295. The van der Waals surface area contributed by atoms with Crippen molar-refractivity contribution in [3.05, 3.63) is 41.7 Å². The van der Waals surface area contributed by atoms with Crippen LogP contribution < -0.4 is 10.5 Å². The number of carbonyl (C=O) groups is 1. The summed E-state index contributed by atoms with van der Waals surface area (Å²) in [6.07, 6.45) is -8.65. The largest absolute Gasteiger partial charge is 0.509 e. The van der Waals surface area contributed by atoms with E-state index in [1.54, 1.807) is 13.8 Å². The molecule has 0 aliphatic carbocycles. The fourth-order valence-corrected chi connectivity index (χ4v) is 6.68. The number of phosphoric ester groups is 1. The van der Waals surface area contributed by atoms with Crippen molar-refractivity contribution in [1.82, 2.24) is 19.5 Å². The Morgan fingerprint density at radius 1 is 1.26 bits per heavy atom. The van der Waals surface area contributed by atoms with Gasteiger partial charge in [-0.1, -0.05) is 18.2 Å². The predicted molar refractivity (Wildman–Crippen MR) is 134 cm³/mol. The maximum absolute atomic E-state index is 13.6. The number of hydrogen-bond acceptors (Lipinski definition) is 13. The first-order valence-electron chi connectivity index (χ1n) is 12.8. The molecular weight excluding hydrogens is 590 g/mol. The van der Waals surface area contributed by atoms with E-state index in [-0.39, 0.29) is 42.7 Å². The van der Waals surface area contributed by atoms with Crippen LogP contribution in [0.4, 0.5) is 23.9 Å². The highest BCUT2D eigenvalue weighted by Gasteiger charge is 2.64. The summed E-state index contributed by atoms with van der Waals surface area (Å²) in [6.45, 7) is 2.88. The number of imidazole rings is 1. The number of hydrogen-bond donors (Lipinski definition) is 1. The summed E-state index contributed by atoms with van der Waals surface area (Å²) in [4.78, 5) is 24.7. The molecule has 0 amide bonds. The topological polar surface area (TPSA) is 168 Å². The highest BCUT2D eigenvalue weighted by atomic mass is 31.2. The molecule has 6 rings (SSSR count). The number of alkyl halides is 3. The lowest BCUT2D eigenvalue weighted by Crippen LogP contribution is -2.42. The molecule has 226 valence electrons. The van der Waals surface area contributed by atoms with Crippen LogP contribution in [-0.2, 0) is 38.5 Å². The molecular formula is C24H25F3N5O9P. The lowest BCUT2D eigenvalue weighted by atomic mass is 9.96. The highest BCUT2D eigenvalue weighted by molar-refractivity contribution is 7.48. The van der Waals surface area contributed by atoms with Crippen molar-refractivity contribution >= 4 is 31.1 Å². The van der Waals surface area contributed by atoms with Crippen molar-refractivity contribution in [1.29, 1.82) is 0 Å². The van der Waals surface area contributed by atoms with E-state index in [4.69, 9.17) is 38.3 Å². The third-order valence-electron chi connectivity index (χ3n) is 7.07. The number of ether oxygens (including phenoxy) is 4. The second-order valence-electron chi connectivity index (χ2n) is 9.79. The van der Waals surface area contributed by atoms with Crippen LogP contribution in [0.15, 0.2) is 30.6 Å². The first-order valence-corrected chi connectivity index (χ1v) is 14.3. The summed E-state index contributed by atoms with van der Waals surface area (Å²) in [5.41, 5.74) is 3.73. The van der Waals surface area contributed by atoms with Crippen molar-refractivity contribution in [2.45, 2.75) is 56.6 Å². The number of phosphoric acid groups is 1. The Balaban J connectivity index is 1.25. The van der Waals surface area contributed by atoms with Gasteiger partial charge >= 0.3 is 20.2 Å². The minimum absolute atomic E-state index is 0.0110. The molecule has 0 bridgehead atoms. The molecule has 0 saturated carbocycles. The maximum atomic E-state index is 13.6. The van der Waals surface area contributed by atoms with Gasteiger partial charge in [0.15, 0.2) is 29.1 Å². The Labute approximate surface area is 235 Å². The van der Waals surface area contributed by atoms with Crippen LogP contribution in [0.3, 0.4) is 0 Å². The number of carbonyl (C=O) groups excluding carboxylic acids is 1. The van der Waals surface area contributed by atoms with Crippen molar-refractivity contribution in [2.24, 2.45) is 0 Å². The van der Waals surface area contributed by atoms with Gasteiger partial charge in [0.25, 0.3) is 0 Å². The third kappa shape index (κ3) is 4.94. The Hall–Kier alpha value is -3.50. The third-order valence-corrected chi connectivity index (χ3v) is 8.54. The Kier molecular flexibility index (Phi) is 7.05. The zero-order chi connectivity index (χ0) is 29.9. The summed E-state index contributed by atoms with van der Waals surface area (Å²) in [7, 11) is -4.38. The molecule has 5 heterocycles. The monoisotopic (exact) mass is 615 g/mol. The minimum Gasteiger partial charge on any atom is -0.476 e. The van der Waals surface area contributed by atoms with E-state index < -0.39 is 62.5 Å². The zero-order valence-corrected chi connectivity index (χ0v) is 23.0. The number of nitrogens with two attached hydrogens (primary N) is 1. The zero-order valence-electron chi connectivity index (χ0n) is 22.1. The summed E-state index contributed by atoms with van der Waals surface area (Å²) in [5, 5.41) is 0. The Morgan fingerprint density at radius 2 is 2.05 bits per heavy atom. The first-order chi connectivity index (χ1) is 19.9. The molecule has 3 aromatic rings. The number of fused-ring (bicyclic) bond motifs is 2. The average Bonchev–Trinajstić information content (AvgIpc) is 3.56. The standard InChI is InChI=1S/C24H25F3N5O9P/c1-3-35-19-16-18(30-21(28)31-19)29-11-32(16)20-23(2)17(39-22(33)40-23)15(38-20)10-37-42(34)36-9-8-14(41-42)12-6-4-5-7-13(12)24(25,26)27/h4-7,11,14-15,17,20H,3,8-10H2,1-2H3,(H2,28,30,31)/t14-,15-,17-,20-,23-,42+/m1/s1. The van der Waals surface area contributed by atoms with Crippen molar-refractivity contribution in [3.63, 3.8) is 0 Å². The molecule has 42 heavy (non-hydrogen) atoms. The summed E-state index contributed by atoms with van der Waals surface area (Å²) >= 11 is 0. The number of rotatable bonds is 7. The highest BCUT2D eigenvalue weighted by Crippen LogP contribution is 2.58. The van der Waals surface area contributed by atoms with Crippen molar-refractivity contribution < 1.29 is 55.0 Å². The average molecular weight is 615 g/mol. The molecule has 2 N–H and O–H groups in total. The van der Waals surface area contributed by atoms with Crippen LogP contribution in [0.2, 0.25) is 0 Å². The van der Waals surface area contributed by atoms with Crippen LogP contribution >= 0.6 is 7.82 Å². The van der Waals surface area contributed by atoms with Gasteiger partial charge in [0, 0.05) is 6.42 Å². The van der Waals surface area contributed by atoms with Crippen LogP contribution in [0.5, 0.6) is 5.88 Å². The van der Waals surface area contributed by atoms with Gasteiger partial charge in [-0.05, 0) is 25.5 Å². The van der Waals surface area contributed by atoms with Gasteiger partial charge in [-0.3, -0.25) is 18.1 Å². The number of benzene rings is 1. The summed E-state index contributed by atoms with van der Waals surface area (Å²) < 4.78 is 94.6. The summed E-state index contributed by atoms with van der Waals surface area (Å²) in [5.74, 6) is 0.0488. The van der Waals surface area contributed by atoms with Crippen molar-refractivity contribution in [3.8, 4) is 5.88 Å². The second kappa shape index (κ2) is 10.3. The van der Waals surface area contributed by atoms with E-state index in [2.05, 4.69) is 15.0 Å². The maximum Gasteiger partial charge on any atom is 0.509 e. The van der Waals surface area contributed by atoms with Gasteiger partial charge in [-0.2, -0.15) is 23.1 Å². The number of aromatic nitrogens is 4. The van der Waals surface area contributed by atoms with Crippen LogP contribution in [-0.4, -0.2) is 63.3 Å². The number of anilines is 1. The molecule has 3 fully saturated rings. The molecule has 6 atom stereocenters. The van der Waals surface area contributed by atoms with Gasteiger partial charge in [0.1, 0.15) is 12.4 Å². The van der Waals surface area contributed by atoms with E-state index in [1.165, 1.54) is 29.1 Å². The summed E-state index contributed by atoms with van der Waals surface area (Å²) in [6, 6.07) is 4.84. The van der Waals surface area contributed by atoms with Gasteiger partial charge in [0.2, 0.25) is 11.8 Å². The molecule has 0 radical (unpaired) electrons. The van der Waals surface area contributed by atoms with E-state index in [0.29, 0.717) is 5.52 Å². The van der Waals surface area contributed by atoms with Gasteiger partial charge in [-0.25, -0.2) is 14.3 Å². The van der Waals surface area contributed by atoms with Crippen LogP contribution in [0, 0.1) is 0 Å². The molecule has 14 nitrogen and oxygen atoms in total. The number of nitrogens with zero attached hydrogens (tertiary/aromatic N) is 4. The van der Waals surface area contributed by atoms with Gasteiger partial charge < -0.3 is 24.7 Å². The number of halogens is 3. The Bertz CT molecular complexity index is 1570. The molecule has 0 spiro atoms. The van der Waals surface area contributed by atoms with Crippen molar-refractivity contribution in [2.75, 3.05) is 25.6 Å². The molecule has 3 aliphatic heterocycles. The first kappa shape index (κ1) is 28.6. The van der Waals surface area contributed by atoms with E-state index in [1.807, 2.05) is 0 Å².